The molecular formula is C61H48BN3O. The Labute approximate surface area is 386 Å². The molecule has 2 atom stereocenters. The van der Waals surface area contributed by atoms with Gasteiger partial charge in [0.25, 0.3) is 6.71 Å². The minimum atomic E-state index is -0.0304. The Hall–Kier alpha value is -7.50. The summed E-state index contributed by atoms with van der Waals surface area (Å²) in [6, 6.07) is 70.0. The van der Waals surface area contributed by atoms with Gasteiger partial charge < -0.3 is 19.1 Å². The van der Waals surface area contributed by atoms with E-state index in [0.29, 0.717) is 0 Å². The molecule has 14 rings (SSSR count). The van der Waals surface area contributed by atoms with Crippen LogP contribution in [0, 0.1) is 6.92 Å². The van der Waals surface area contributed by atoms with E-state index in [-0.39, 0.29) is 17.7 Å². The van der Waals surface area contributed by atoms with Gasteiger partial charge in [0.2, 0.25) is 0 Å². The molecule has 3 aliphatic heterocycles. The standard InChI is InChI=1S/C61H48BN3O/c1-39-33-54-58-55(34-39)65-59-50(60(2)31-11-12-32-61(60,65)3)22-14-23-52(59)62(58)51-29-27-47(38-53(51)64(54)46-28-30-57-49(37-46)48-21-9-10-24-56(48)66-57)63(44-18-5-4-6-19-44)45-20-13-17-42(36-45)43-26-25-40-15-7-8-16-41(40)35-43/h4-10,13-30,33-38H,11-12,31-32H2,1-3H3. The number of fused-ring (bicyclic) bond motifs is 11. The SMILES string of the molecule is Cc1cc2c3c(c1)N1c4c(cccc4C4(C)CCCCC14C)B3c1ccc(N(c3ccccc3)c3cccc(-c4ccc5ccccc5c4)c3)cc1N2c1ccc2oc3ccccc3c2c1. The van der Waals surface area contributed by atoms with Gasteiger partial charge in [-0.15, -0.1) is 0 Å². The molecule has 0 spiro atoms. The molecule has 2 unspecified atom stereocenters. The van der Waals surface area contributed by atoms with Gasteiger partial charge in [0.1, 0.15) is 11.2 Å². The second-order valence-corrected chi connectivity index (χ2v) is 19.7. The van der Waals surface area contributed by atoms with Crippen LogP contribution in [0.15, 0.2) is 192 Å². The van der Waals surface area contributed by atoms with E-state index < -0.39 is 0 Å². The lowest BCUT2D eigenvalue weighted by Crippen LogP contribution is -2.64. The number of nitrogens with zero attached hydrogens (tertiary/aromatic N) is 3. The van der Waals surface area contributed by atoms with Crippen molar-refractivity contribution in [3.8, 4) is 11.1 Å². The minimum Gasteiger partial charge on any atom is -0.456 e. The van der Waals surface area contributed by atoms with Crippen molar-refractivity contribution in [2.75, 3.05) is 14.7 Å². The fourth-order valence-electron chi connectivity index (χ4n) is 12.9. The Balaban J connectivity index is 1.02. The van der Waals surface area contributed by atoms with Gasteiger partial charge in [-0.3, -0.25) is 0 Å². The summed E-state index contributed by atoms with van der Waals surface area (Å²) in [5, 5.41) is 4.75. The van der Waals surface area contributed by atoms with Crippen LogP contribution in [0.3, 0.4) is 0 Å². The van der Waals surface area contributed by atoms with E-state index in [0.717, 1.165) is 44.7 Å². The monoisotopic (exact) mass is 849 g/mol. The number of furan rings is 1. The molecular weight excluding hydrogens is 802 g/mol. The summed E-state index contributed by atoms with van der Waals surface area (Å²) in [4.78, 5) is 7.83. The minimum absolute atomic E-state index is 0.0304. The molecule has 5 heteroatoms. The molecule has 66 heavy (non-hydrogen) atoms. The van der Waals surface area contributed by atoms with Crippen molar-refractivity contribution in [1.82, 2.24) is 0 Å². The maximum atomic E-state index is 6.44. The highest BCUT2D eigenvalue weighted by molar-refractivity contribution is 7.00. The van der Waals surface area contributed by atoms with E-state index in [1.165, 1.54) is 97.8 Å². The van der Waals surface area contributed by atoms with Gasteiger partial charge >= 0.3 is 0 Å². The molecule has 4 nitrogen and oxygen atoms in total. The third-order valence-electron chi connectivity index (χ3n) is 16.2. The number of rotatable bonds is 5. The van der Waals surface area contributed by atoms with Crippen LogP contribution in [-0.2, 0) is 5.41 Å². The molecule has 0 saturated heterocycles. The summed E-state index contributed by atoms with van der Waals surface area (Å²) < 4.78 is 6.44. The Kier molecular flexibility index (Phi) is 7.89. The van der Waals surface area contributed by atoms with Crippen LogP contribution in [0.1, 0.15) is 50.7 Å². The van der Waals surface area contributed by atoms with E-state index in [2.05, 4.69) is 224 Å². The Bertz CT molecular complexity index is 3650. The second-order valence-electron chi connectivity index (χ2n) is 19.7. The van der Waals surface area contributed by atoms with Crippen molar-refractivity contribution >= 4 is 101 Å². The van der Waals surface area contributed by atoms with Gasteiger partial charge in [-0.25, -0.2) is 0 Å². The van der Waals surface area contributed by atoms with Crippen molar-refractivity contribution < 1.29 is 4.42 Å². The van der Waals surface area contributed by atoms with Crippen LogP contribution in [0.2, 0.25) is 0 Å². The summed E-state index contributed by atoms with van der Waals surface area (Å²) in [5.74, 6) is 0. The number of para-hydroxylation sites is 3. The molecule has 4 heterocycles. The van der Waals surface area contributed by atoms with E-state index in [4.69, 9.17) is 4.42 Å². The van der Waals surface area contributed by atoms with Gasteiger partial charge in [-0.05, 0) is 155 Å². The molecule has 10 aromatic rings. The number of anilines is 8. The molecule has 9 aromatic carbocycles. The first kappa shape index (κ1) is 37.8. The fraction of sp³-hybridized carbons (Fsp3) is 0.148. The van der Waals surface area contributed by atoms with Gasteiger partial charge in [-0.2, -0.15) is 0 Å². The van der Waals surface area contributed by atoms with Crippen LogP contribution in [0.4, 0.5) is 45.5 Å². The topological polar surface area (TPSA) is 22.9 Å². The van der Waals surface area contributed by atoms with Crippen molar-refractivity contribution in [2.45, 2.75) is 57.4 Å². The van der Waals surface area contributed by atoms with Crippen molar-refractivity contribution in [3.63, 3.8) is 0 Å². The first-order valence-electron chi connectivity index (χ1n) is 23.7. The van der Waals surface area contributed by atoms with Crippen LogP contribution in [-0.4, -0.2) is 12.3 Å². The lowest BCUT2D eigenvalue weighted by molar-refractivity contribution is 0.195. The highest BCUT2D eigenvalue weighted by atomic mass is 16.3. The molecule has 4 aliphatic rings. The summed E-state index contributed by atoms with van der Waals surface area (Å²) in [6.07, 6.45) is 4.91. The maximum absolute atomic E-state index is 6.44. The first-order chi connectivity index (χ1) is 32.4. The lowest BCUT2D eigenvalue weighted by atomic mass is 9.33. The third kappa shape index (κ3) is 5.17. The molecule has 1 aliphatic carbocycles. The smallest absolute Gasteiger partial charge is 0.252 e. The second kappa shape index (κ2) is 13.8. The highest BCUT2D eigenvalue weighted by Gasteiger charge is 2.61. The fourth-order valence-corrected chi connectivity index (χ4v) is 12.9. The van der Waals surface area contributed by atoms with Crippen molar-refractivity contribution in [3.05, 3.63) is 199 Å². The predicted octanol–water partition coefficient (Wildman–Crippen LogP) is 14.5. The van der Waals surface area contributed by atoms with E-state index in [9.17, 15) is 0 Å². The van der Waals surface area contributed by atoms with Crippen LogP contribution >= 0.6 is 0 Å². The van der Waals surface area contributed by atoms with Crippen LogP contribution < -0.4 is 31.1 Å². The normalized spacial score (nSPS) is 18.9. The lowest BCUT2D eigenvalue weighted by Gasteiger charge is -2.52. The van der Waals surface area contributed by atoms with Crippen LogP contribution in [0.25, 0.3) is 43.8 Å². The molecule has 316 valence electrons. The Morgan fingerprint density at radius 3 is 2.18 bits per heavy atom. The summed E-state index contributed by atoms with van der Waals surface area (Å²) in [5.41, 5.74) is 20.9. The first-order valence-corrected chi connectivity index (χ1v) is 23.7. The van der Waals surface area contributed by atoms with E-state index in [1.807, 2.05) is 0 Å². The molecule has 1 saturated carbocycles. The zero-order chi connectivity index (χ0) is 43.9. The van der Waals surface area contributed by atoms with Crippen LogP contribution in [0.5, 0.6) is 0 Å². The van der Waals surface area contributed by atoms with Gasteiger partial charge in [-0.1, -0.05) is 129 Å². The molecule has 1 aromatic heterocycles. The largest absolute Gasteiger partial charge is 0.456 e. The quantitative estimate of drug-likeness (QED) is 0.161. The Morgan fingerprint density at radius 2 is 1.27 bits per heavy atom. The zero-order valence-electron chi connectivity index (χ0n) is 37.6. The number of benzene rings is 9. The van der Waals surface area contributed by atoms with Gasteiger partial charge in [0, 0.05) is 61.7 Å². The average molecular weight is 850 g/mol. The van der Waals surface area contributed by atoms with E-state index >= 15 is 0 Å². The summed E-state index contributed by atoms with van der Waals surface area (Å²) in [6.45, 7) is 7.49. The van der Waals surface area contributed by atoms with E-state index in [1.54, 1.807) is 0 Å². The number of aryl methyl sites for hydroxylation is 1. The molecule has 0 N–H and O–H groups in total. The molecule has 0 bridgehead atoms. The van der Waals surface area contributed by atoms with Crippen molar-refractivity contribution in [1.29, 1.82) is 0 Å². The third-order valence-corrected chi connectivity index (χ3v) is 16.2. The van der Waals surface area contributed by atoms with Gasteiger partial charge in [0.05, 0.1) is 5.54 Å². The van der Waals surface area contributed by atoms with Crippen molar-refractivity contribution in [2.24, 2.45) is 0 Å². The average Bonchev–Trinajstić information content (AvgIpc) is 3.83. The maximum Gasteiger partial charge on any atom is 0.252 e. The predicted molar refractivity (Wildman–Crippen MR) is 278 cm³/mol. The van der Waals surface area contributed by atoms with Gasteiger partial charge in [0.15, 0.2) is 0 Å². The summed E-state index contributed by atoms with van der Waals surface area (Å²) in [7, 11) is 0. The molecule has 0 amide bonds. The Morgan fingerprint density at radius 1 is 0.530 bits per heavy atom. The zero-order valence-corrected chi connectivity index (χ0v) is 37.6. The molecule has 0 radical (unpaired) electrons. The summed E-state index contributed by atoms with van der Waals surface area (Å²) >= 11 is 0. The molecule has 1 fully saturated rings. The number of hydrogen-bond acceptors (Lipinski definition) is 4. The number of hydrogen-bond donors (Lipinski definition) is 0. The highest BCUT2D eigenvalue weighted by Crippen LogP contribution is 2.62.